The Labute approximate surface area is 140 Å². The molecular weight excluding hydrogens is 308 g/mol. The van der Waals surface area contributed by atoms with Crippen molar-refractivity contribution in [2.75, 3.05) is 19.5 Å². The molecule has 1 aromatic heterocycles. The molecule has 0 atom stereocenters. The van der Waals surface area contributed by atoms with E-state index in [0.717, 1.165) is 34.5 Å². The molecule has 0 fully saturated rings. The summed E-state index contributed by atoms with van der Waals surface area (Å²) >= 11 is 1.73. The van der Waals surface area contributed by atoms with Gasteiger partial charge in [-0.25, -0.2) is 4.98 Å². The van der Waals surface area contributed by atoms with Gasteiger partial charge in [0.25, 0.3) is 0 Å². The number of rotatable bonds is 7. The number of aromatic nitrogens is 2. The Morgan fingerprint density at radius 2 is 1.78 bits per heavy atom. The molecule has 0 amide bonds. The summed E-state index contributed by atoms with van der Waals surface area (Å²) in [5, 5.41) is 1.05. The zero-order chi connectivity index (χ0) is 16.1. The van der Waals surface area contributed by atoms with E-state index in [2.05, 4.69) is 29.7 Å². The van der Waals surface area contributed by atoms with Crippen LogP contribution in [0.2, 0.25) is 0 Å². The molecule has 0 saturated carbocycles. The predicted molar refractivity (Wildman–Crippen MR) is 94.6 cm³/mol. The van der Waals surface area contributed by atoms with E-state index >= 15 is 0 Å². The summed E-state index contributed by atoms with van der Waals surface area (Å²) in [7, 11) is 1.66. The maximum absolute atomic E-state index is 5.76. The molecule has 0 bridgehead atoms. The fourth-order valence-electron chi connectivity index (χ4n) is 2.43. The van der Waals surface area contributed by atoms with Gasteiger partial charge in [-0.3, -0.25) is 0 Å². The molecule has 0 aliphatic rings. The van der Waals surface area contributed by atoms with Crippen LogP contribution in [0.1, 0.15) is 6.92 Å². The maximum atomic E-state index is 5.76. The second kappa shape index (κ2) is 7.42. The molecule has 3 aromatic rings. The molecule has 120 valence electrons. The number of fused-ring (bicyclic) bond motifs is 1. The number of aryl methyl sites for hydroxylation is 1. The lowest BCUT2D eigenvalue weighted by Crippen LogP contribution is -2.02. The first-order valence-corrected chi connectivity index (χ1v) is 8.65. The number of hydrogen-bond donors (Lipinski definition) is 0. The van der Waals surface area contributed by atoms with Crippen molar-refractivity contribution in [3.8, 4) is 11.5 Å². The zero-order valence-corrected chi connectivity index (χ0v) is 14.2. The monoisotopic (exact) mass is 328 g/mol. The van der Waals surface area contributed by atoms with E-state index in [1.165, 1.54) is 5.52 Å². The summed E-state index contributed by atoms with van der Waals surface area (Å²) in [6.07, 6.45) is 0. The highest BCUT2D eigenvalue weighted by molar-refractivity contribution is 7.99. The Balaban J connectivity index is 1.58. The van der Waals surface area contributed by atoms with Crippen LogP contribution in [0.3, 0.4) is 0 Å². The first kappa shape index (κ1) is 15.7. The molecule has 0 N–H and O–H groups in total. The zero-order valence-electron chi connectivity index (χ0n) is 13.4. The molecule has 2 aromatic carbocycles. The van der Waals surface area contributed by atoms with Crippen molar-refractivity contribution in [1.29, 1.82) is 0 Å². The Morgan fingerprint density at radius 1 is 1.04 bits per heavy atom. The van der Waals surface area contributed by atoms with Gasteiger partial charge in [-0.2, -0.15) is 0 Å². The quantitative estimate of drug-likeness (QED) is 0.480. The molecule has 0 radical (unpaired) electrons. The highest BCUT2D eigenvalue weighted by Gasteiger charge is 2.09. The Morgan fingerprint density at radius 3 is 2.52 bits per heavy atom. The standard InChI is InChI=1S/C18H20N2O2S/c1-3-20-17-7-5-4-6-16(17)19-18(20)23-13-12-22-15-10-8-14(21-2)9-11-15/h4-11H,3,12-13H2,1-2H3. The molecule has 5 heteroatoms. The molecule has 0 unspecified atom stereocenters. The van der Waals surface area contributed by atoms with Gasteiger partial charge in [0, 0.05) is 12.3 Å². The van der Waals surface area contributed by atoms with Gasteiger partial charge in [-0.1, -0.05) is 23.9 Å². The van der Waals surface area contributed by atoms with E-state index in [1.807, 2.05) is 30.3 Å². The van der Waals surface area contributed by atoms with Gasteiger partial charge < -0.3 is 14.0 Å². The fourth-order valence-corrected chi connectivity index (χ4v) is 3.33. The minimum absolute atomic E-state index is 0.643. The van der Waals surface area contributed by atoms with Crippen LogP contribution in [-0.4, -0.2) is 29.0 Å². The smallest absolute Gasteiger partial charge is 0.169 e. The van der Waals surface area contributed by atoms with Gasteiger partial charge in [0.1, 0.15) is 11.5 Å². The van der Waals surface area contributed by atoms with Crippen LogP contribution < -0.4 is 9.47 Å². The van der Waals surface area contributed by atoms with Gasteiger partial charge in [0.15, 0.2) is 5.16 Å². The average molecular weight is 328 g/mol. The second-order valence-corrected chi connectivity index (χ2v) is 6.06. The van der Waals surface area contributed by atoms with E-state index in [-0.39, 0.29) is 0 Å². The molecule has 3 rings (SSSR count). The highest BCUT2D eigenvalue weighted by atomic mass is 32.2. The van der Waals surface area contributed by atoms with E-state index in [9.17, 15) is 0 Å². The van der Waals surface area contributed by atoms with Crippen molar-refractivity contribution in [2.45, 2.75) is 18.6 Å². The molecule has 4 nitrogen and oxygen atoms in total. The van der Waals surface area contributed by atoms with E-state index < -0.39 is 0 Å². The van der Waals surface area contributed by atoms with Gasteiger partial charge >= 0.3 is 0 Å². The molecule has 0 aliphatic heterocycles. The van der Waals surface area contributed by atoms with E-state index in [0.29, 0.717) is 6.61 Å². The highest BCUT2D eigenvalue weighted by Crippen LogP contribution is 2.24. The van der Waals surface area contributed by atoms with Gasteiger partial charge in [-0.05, 0) is 43.3 Å². The summed E-state index contributed by atoms with van der Waals surface area (Å²) in [6.45, 7) is 3.71. The number of nitrogens with zero attached hydrogens (tertiary/aromatic N) is 2. The third-order valence-corrected chi connectivity index (χ3v) is 4.52. The number of methoxy groups -OCH3 is 1. The summed E-state index contributed by atoms with van der Waals surface area (Å²) in [4.78, 5) is 4.70. The third kappa shape index (κ3) is 3.62. The molecule has 0 aliphatic carbocycles. The van der Waals surface area contributed by atoms with Crippen LogP contribution in [-0.2, 0) is 6.54 Å². The first-order valence-electron chi connectivity index (χ1n) is 7.66. The fraction of sp³-hybridized carbons (Fsp3) is 0.278. The van der Waals surface area contributed by atoms with Gasteiger partial charge in [-0.15, -0.1) is 0 Å². The number of thioether (sulfide) groups is 1. The number of benzene rings is 2. The lowest BCUT2D eigenvalue weighted by Gasteiger charge is -2.08. The Kier molecular flexibility index (Phi) is 5.08. The SMILES string of the molecule is CCn1c(SCCOc2ccc(OC)cc2)nc2ccccc21. The largest absolute Gasteiger partial charge is 0.497 e. The van der Waals surface area contributed by atoms with Crippen molar-refractivity contribution < 1.29 is 9.47 Å². The van der Waals surface area contributed by atoms with Crippen molar-refractivity contribution in [3.05, 3.63) is 48.5 Å². The van der Waals surface area contributed by atoms with Crippen LogP contribution in [0.15, 0.2) is 53.7 Å². The molecule has 23 heavy (non-hydrogen) atoms. The average Bonchev–Trinajstić information content (AvgIpc) is 2.96. The van der Waals surface area contributed by atoms with Gasteiger partial charge in [0.2, 0.25) is 0 Å². The summed E-state index contributed by atoms with van der Waals surface area (Å²) in [5.41, 5.74) is 2.24. The van der Waals surface area contributed by atoms with Crippen LogP contribution >= 0.6 is 11.8 Å². The van der Waals surface area contributed by atoms with E-state index in [4.69, 9.17) is 14.5 Å². The van der Waals surface area contributed by atoms with Crippen molar-refractivity contribution in [1.82, 2.24) is 9.55 Å². The van der Waals surface area contributed by atoms with Crippen LogP contribution in [0, 0.1) is 0 Å². The number of para-hydroxylation sites is 2. The Hall–Kier alpha value is -2.14. The summed E-state index contributed by atoms with van der Waals surface area (Å²) < 4.78 is 13.1. The molecule has 0 spiro atoms. The summed E-state index contributed by atoms with van der Waals surface area (Å²) in [5.74, 6) is 2.55. The number of hydrogen-bond acceptors (Lipinski definition) is 4. The number of imidazole rings is 1. The molecule has 0 saturated heterocycles. The van der Waals surface area contributed by atoms with Gasteiger partial charge in [0.05, 0.1) is 24.8 Å². The minimum Gasteiger partial charge on any atom is -0.497 e. The van der Waals surface area contributed by atoms with Crippen molar-refractivity contribution in [2.24, 2.45) is 0 Å². The maximum Gasteiger partial charge on any atom is 0.169 e. The first-order chi connectivity index (χ1) is 11.3. The lowest BCUT2D eigenvalue weighted by atomic mass is 10.3. The topological polar surface area (TPSA) is 36.3 Å². The normalized spacial score (nSPS) is 10.9. The molecule has 1 heterocycles. The van der Waals surface area contributed by atoms with E-state index in [1.54, 1.807) is 18.9 Å². The predicted octanol–water partition coefficient (Wildman–Crippen LogP) is 4.24. The van der Waals surface area contributed by atoms with Crippen LogP contribution in [0.25, 0.3) is 11.0 Å². The summed E-state index contributed by atoms with van der Waals surface area (Å²) in [6, 6.07) is 15.9. The Bertz CT molecular complexity index is 768. The number of ether oxygens (including phenoxy) is 2. The van der Waals surface area contributed by atoms with Crippen LogP contribution in [0.5, 0.6) is 11.5 Å². The third-order valence-electron chi connectivity index (χ3n) is 3.58. The lowest BCUT2D eigenvalue weighted by molar-refractivity contribution is 0.342. The molecular formula is C18H20N2O2S. The minimum atomic E-state index is 0.643. The van der Waals surface area contributed by atoms with Crippen molar-refractivity contribution in [3.63, 3.8) is 0 Å². The van der Waals surface area contributed by atoms with Crippen LogP contribution in [0.4, 0.5) is 0 Å². The van der Waals surface area contributed by atoms with Crippen molar-refractivity contribution >= 4 is 22.8 Å². The second-order valence-electron chi connectivity index (χ2n) is 5.00.